The zero-order valence-corrected chi connectivity index (χ0v) is 20.3. The zero-order chi connectivity index (χ0) is 24.1. The number of carbonyl (C=O) groups is 2. The standard InChI is InChI=1S/C27H32N4O2S/c1-2-30-26(32)19-10-6-7-11-23(19)31-27(33)21(14-17-8-4-3-5-9-17)22-16-34-24-13-12-18(25(28)29)15-20(22)24/h3-5,8-9,12-13,15-16,19,21,23H,2,6-7,10-11,14H2,1H3,(H3,28,29)(H,30,32)(H,31,33)/t19-,21?,23+/m1/s1. The van der Waals surface area contributed by atoms with Crippen LogP contribution in [0.25, 0.3) is 10.1 Å². The van der Waals surface area contributed by atoms with Gasteiger partial charge in [0.05, 0.1) is 11.8 Å². The third-order valence-corrected chi connectivity index (χ3v) is 7.65. The first kappa shape index (κ1) is 24.0. The average molecular weight is 477 g/mol. The number of thiophene rings is 1. The Bertz CT molecular complexity index is 1170. The molecule has 2 amide bonds. The number of rotatable bonds is 8. The lowest BCUT2D eigenvalue weighted by Crippen LogP contribution is -2.49. The van der Waals surface area contributed by atoms with E-state index in [-0.39, 0.29) is 29.6 Å². The minimum absolute atomic E-state index is 0.00935. The number of fused-ring (bicyclic) bond motifs is 1. The van der Waals surface area contributed by atoms with Gasteiger partial charge in [-0.3, -0.25) is 15.0 Å². The first-order valence-corrected chi connectivity index (χ1v) is 12.8. The summed E-state index contributed by atoms with van der Waals surface area (Å²) in [5.41, 5.74) is 8.41. The average Bonchev–Trinajstić information content (AvgIpc) is 3.26. The molecule has 7 heteroatoms. The van der Waals surface area contributed by atoms with Gasteiger partial charge in [0, 0.05) is 22.8 Å². The third-order valence-electron chi connectivity index (χ3n) is 6.67. The molecule has 3 aromatic rings. The second kappa shape index (κ2) is 10.8. The highest BCUT2D eigenvalue weighted by Gasteiger charge is 2.34. The van der Waals surface area contributed by atoms with Gasteiger partial charge in [-0.1, -0.05) is 43.2 Å². The molecule has 178 valence electrons. The van der Waals surface area contributed by atoms with Crippen LogP contribution in [0.3, 0.4) is 0 Å². The van der Waals surface area contributed by atoms with Crippen molar-refractivity contribution in [2.75, 3.05) is 6.54 Å². The summed E-state index contributed by atoms with van der Waals surface area (Å²) >= 11 is 1.59. The molecule has 3 atom stereocenters. The van der Waals surface area contributed by atoms with Crippen LogP contribution in [0.2, 0.25) is 0 Å². The number of nitrogens with two attached hydrogens (primary N) is 1. The van der Waals surface area contributed by atoms with Crippen molar-refractivity contribution in [2.24, 2.45) is 11.7 Å². The number of amidine groups is 1. The van der Waals surface area contributed by atoms with E-state index in [1.165, 1.54) is 0 Å². The summed E-state index contributed by atoms with van der Waals surface area (Å²) < 4.78 is 1.06. The maximum Gasteiger partial charge on any atom is 0.228 e. The number of hydrogen-bond acceptors (Lipinski definition) is 4. The normalized spacial score (nSPS) is 18.9. The fourth-order valence-corrected chi connectivity index (χ4v) is 5.88. The van der Waals surface area contributed by atoms with Crippen LogP contribution in [0, 0.1) is 11.3 Å². The summed E-state index contributed by atoms with van der Waals surface area (Å²) in [6, 6.07) is 15.6. The van der Waals surface area contributed by atoms with Gasteiger partial charge in [0.15, 0.2) is 0 Å². The highest BCUT2D eigenvalue weighted by molar-refractivity contribution is 7.17. The summed E-state index contributed by atoms with van der Waals surface area (Å²) in [6.45, 7) is 2.51. The predicted molar refractivity (Wildman–Crippen MR) is 138 cm³/mol. The minimum Gasteiger partial charge on any atom is -0.384 e. The molecule has 0 saturated heterocycles. The summed E-state index contributed by atoms with van der Waals surface area (Å²) in [5.74, 6) is -0.624. The molecule has 1 aliphatic rings. The van der Waals surface area contributed by atoms with Gasteiger partial charge in [-0.2, -0.15) is 0 Å². The van der Waals surface area contributed by atoms with Crippen molar-refractivity contribution in [2.45, 2.75) is 51.0 Å². The molecule has 0 spiro atoms. The lowest BCUT2D eigenvalue weighted by molar-refractivity contribution is -0.128. The first-order valence-electron chi connectivity index (χ1n) is 12.0. The van der Waals surface area contributed by atoms with Crippen molar-refractivity contribution in [1.29, 1.82) is 5.41 Å². The van der Waals surface area contributed by atoms with Gasteiger partial charge in [0.1, 0.15) is 5.84 Å². The lowest BCUT2D eigenvalue weighted by Gasteiger charge is -2.32. The molecular formula is C27H32N4O2S. The van der Waals surface area contributed by atoms with Crippen molar-refractivity contribution < 1.29 is 9.59 Å². The Morgan fingerprint density at radius 1 is 1.15 bits per heavy atom. The molecule has 0 bridgehead atoms. The maximum atomic E-state index is 13.8. The highest BCUT2D eigenvalue weighted by Crippen LogP contribution is 2.35. The van der Waals surface area contributed by atoms with Crippen molar-refractivity contribution in [3.63, 3.8) is 0 Å². The topological polar surface area (TPSA) is 108 Å². The summed E-state index contributed by atoms with van der Waals surface area (Å²) in [7, 11) is 0. The van der Waals surface area contributed by atoms with E-state index in [1.54, 1.807) is 11.3 Å². The van der Waals surface area contributed by atoms with Gasteiger partial charge in [-0.25, -0.2) is 0 Å². The molecule has 5 N–H and O–H groups in total. The Morgan fingerprint density at radius 3 is 2.65 bits per heavy atom. The van der Waals surface area contributed by atoms with Gasteiger partial charge in [0.2, 0.25) is 11.8 Å². The molecule has 1 fully saturated rings. The van der Waals surface area contributed by atoms with Crippen molar-refractivity contribution in [3.8, 4) is 0 Å². The van der Waals surface area contributed by atoms with Crippen LogP contribution in [0.4, 0.5) is 0 Å². The van der Waals surface area contributed by atoms with Gasteiger partial charge in [0.25, 0.3) is 0 Å². The molecule has 6 nitrogen and oxygen atoms in total. The van der Waals surface area contributed by atoms with Crippen LogP contribution in [0.15, 0.2) is 53.9 Å². The van der Waals surface area contributed by atoms with E-state index in [2.05, 4.69) is 10.6 Å². The number of carbonyl (C=O) groups excluding carboxylic acids is 2. The van der Waals surface area contributed by atoms with Crippen LogP contribution >= 0.6 is 11.3 Å². The van der Waals surface area contributed by atoms with Crippen LogP contribution in [-0.2, 0) is 16.0 Å². The van der Waals surface area contributed by atoms with E-state index in [4.69, 9.17) is 11.1 Å². The number of amides is 2. The summed E-state index contributed by atoms with van der Waals surface area (Å²) in [5, 5.41) is 17.0. The molecule has 0 aliphatic heterocycles. The second-order valence-electron chi connectivity index (χ2n) is 8.96. The molecular weight excluding hydrogens is 444 g/mol. The van der Waals surface area contributed by atoms with Crippen LogP contribution < -0.4 is 16.4 Å². The van der Waals surface area contributed by atoms with E-state index in [1.807, 2.05) is 60.8 Å². The van der Waals surface area contributed by atoms with Crippen molar-refractivity contribution in [1.82, 2.24) is 10.6 Å². The van der Waals surface area contributed by atoms with Crippen molar-refractivity contribution >= 4 is 39.1 Å². The van der Waals surface area contributed by atoms with E-state index >= 15 is 0 Å². The number of nitrogens with one attached hydrogen (secondary N) is 3. The maximum absolute atomic E-state index is 13.8. The smallest absolute Gasteiger partial charge is 0.228 e. The predicted octanol–water partition coefficient (Wildman–Crippen LogP) is 4.32. The van der Waals surface area contributed by atoms with E-state index in [0.717, 1.165) is 46.9 Å². The largest absolute Gasteiger partial charge is 0.384 e. The summed E-state index contributed by atoms with van der Waals surface area (Å²) in [4.78, 5) is 26.5. The highest BCUT2D eigenvalue weighted by atomic mass is 32.1. The Hall–Kier alpha value is -3.19. The molecule has 2 aromatic carbocycles. The van der Waals surface area contributed by atoms with Crippen LogP contribution in [0.5, 0.6) is 0 Å². The van der Waals surface area contributed by atoms with Gasteiger partial charge >= 0.3 is 0 Å². The zero-order valence-electron chi connectivity index (χ0n) is 19.5. The molecule has 1 heterocycles. The second-order valence-corrected chi connectivity index (χ2v) is 9.87. The quantitative estimate of drug-likeness (QED) is 0.287. The minimum atomic E-state index is -0.407. The summed E-state index contributed by atoms with van der Waals surface area (Å²) in [6.07, 6.45) is 4.17. The molecule has 1 aromatic heterocycles. The fourth-order valence-electron chi connectivity index (χ4n) is 4.89. The van der Waals surface area contributed by atoms with Gasteiger partial charge in [-0.05, 0) is 66.3 Å². The monoisotopic (exact) mass is 476 g/mol. The Labute approximate surface area is 204 Å². The first-order chi connectivity index (χ1) is 16.5. The van der Waals surface area contributed by atoms with Gasteiger partial charge < -0.3 is 16.4 Å². The fraction of sp³-hybridized carbons (Fsp3) is 0.370. The SMILES string of the molecule is CCNC(=O)[C@@H]1CCCC[C@@H]1NC(=O)C(Cc1ccccc1)c1csc2ccc(C(=N)N)cc12. The number of hydrogen-bond donors (Lipinski definition) is 4. The molecule has 0 radical (unpaired) electrons. The Morgan fingerprint density at radius 2 is 1.91 bits per heavy atom. The van der Waals surface area contributed by atoms with Crippen molar-refractivity contribution in [3.05, 3.63) is 70.6 Å². The lowest BCUT2D eigenvalue weighted by atomic mass is 9.82. The molecule has 34 heavy (non-hydrogen) atoms. The Kier molecular flexibility index (Phi) is 7.63. The molecule has 1 aliphatic carbocycles. The number of benzene rings is 2. The molecule has 1 unspecified atom stereocenters. The van der Waals surface area contributed by atoms with E-state index in [0.29, 0.717) is 18.5 Å². The van der Waals surface area contributed by atoms with E-state index < -0.39 is 5.92 Å². The molecule has 1 saturated carbocycles. The van der Waals surface area contributed by atoms with Gasteiger partial charge in [-0.15, -0.1) is 11.3 Å². The van der Waals surface area contributed by atoms with E-state index in [9.17, 15) is 9.59 Å². The number of nitrogen functional groups attached to an aromatic ring is 1. The Balaban J connectivity index is 1.67. The molecule has 4 rings (SSSR count). The van der Waals surface area contributed by atoms with Crippen LogP contribution in [0.1, 0.15) is 55.2 Å². The third kappa shape index (κ3) is 5.30. The van der Waals surface area contributed by atoms with Crippen LogP contribution in [-0.4, -0.2) is 30.2 Å².